The van der Waals surface area contributed by atoms with Crippen LogP contribution in [0, 0.1) is 17.7 Å². The Balaban J connectivity index is 2.32. The number of likely N-dealkylation sites (tertiary alicyclic amines) is 1. The van der Waals surface area contributed by atoms with Crippen molar-refractivity contribution in [2.24, 2.45) is 11.8 Å². The maximum absolute atomic E-state index is 14.0. The lowest BCUT2D eigenvalue weighted by molar-refractivity contribution is -0.143. The Morgan fingerprint density at radius 2 is 1.91 bits per heavy atom. The Hall–Kier alpha value is -2.12. The Kier molecular flexibility index (Phi) is 4.63. The largest absolute Gasteiger partial charge is 0.481 e. The van der Waals surface area contributed by atoms with E-state index in [-0.39, 0.29) is 19.0 Å². The topological polar surface area (TPSA) is 57.6 Å². The summed E-state index contributed by atoms with van der Waals surface area (Å²) in [5, 5.41) is 9.07. The predicted octanol–water partition coefficient (Wildman–Crippen LogP) is 3.03. The van der Waals surface area contributed by atoms with Crippen LogP contribution < -0.4 is 0 Å². The molecule has 0 aromatic heterocycles. The van der Waals surface area contributed by atoms with Crippen LogP contribution in [0.2, 0.25) is 0 Å². The number of carboxylic acid groups (broad SMARTS) is 1. The van der Waals surface area contributed by atoms with Crippen molar-refractivity contribution in [1.82, 2.24) is 4.90 Å². The molecule has 23 heavy (non-hydrogen) atoms. The molecule has 8 heteroatoms. The van der Waals surface area contributed by atoms with Gasteiger partial charge in [0.1, 0.15) is 5.82 Å². The fourth-order valence-electron chi connectivity index (χ4n) is 2.78. The molecule has 1 saturated heterocycles. The number of hydrogen-bond donors (Lipinski definition) is 1. The number of nitrogens with zero attached hydrogens (tertiary/aromatic N) is 1. The van der Waals surface area contributed by atoms with Crippen molar-refractivity contribution in [2.75, 3.05) is 13.1 Å². The van der Waals surface area contributed by atoms with Gasteiger partial charge in [-0.15, -0.1) is 0 Å². The second-order valence-corrected chi connectivity index (χ2v) is 5.75. The third-order valence-corrected chi connectivity index (χ3v) is 3.83. The van der Waals surface area contributed by atoms with Crippen LogP contribution in [0.15, 0.2) is 18.2 Å². The van der Waals surface area contributed by atoms with Crippen LogP contribution in [0.4, 0.5) is 17.6 Å². The molecule has 0 spiro atoms. The standard InChI is InChI=1S/C15H15F4NO3/c1-8-5-9(14(22)23)7-20(6-8)13(21)10-3-2-4-11(12(10)16)15(17,18)19/h2-4,8-9H,5-7H2,1H3,(H,22,23). The quantitative estimate of drug-likeness (QED) is 0.847. The minimum Gasteiger partial charge on any atom is -0.481 e. The molecule has 0 bridgehead atoms. The van der Waals surface area contributed by atoms with Gasteiger partial charge in [-0.25, -0.2) is 4.39 Å². The first kappa shape index (κ1) is 17.2. The molecule has 1 aliphatic heterocycles. The second kappa shape index (κ2) is 6.17. The molecule has 0 aliphatic carbocycles. The number of piperidine rings is 1. The summed E-state index contributed by atoms with van der Waals surface area (Å²) in [6.45, 7) is 1.77. The molecule has 1 fully saturated rings. The van der Waals surface area contributed by atoms with E-state index >= 15 is 0 Å². The molecule has 1 aromatic carbocycles. The molecular weight excluding hydrogens is 318 g/mol. The number of halogens is 4. The predicted molar refractivity (Wildman–Crippen MR) is 72.2 cm³/mol. The molecule has 1 aliphatic rings. The summed E-state index contributed by atoms with van der Waals surface area (Å²) in [7, 11) is 0. The van der Waals surface area contributed by atoms with E-state index in [0.29, 0.717) is 12.5 Å². The number of hydrogen-bond acceptors (Lipinski definition) is 2. The molecule has 126 valence electrons. The smallest absolute Gasteiger partial charge is 0.419 e. The van der Waals surface area contributed by atoms with Gasteiger partial charge in [-0.3, -0.25) is 9.59 Å². The highest BCUT2D eigenvalue weighted by molar-refractivity contribution is 5.95. The van der Waals surface area contributed by atoms with Crippen molar-refractivity contribution in [3.05, 3.63) is 35.1 Å². The van der Waals surface area contributed by atoms with Crippen molar-refractivity contribution in [1.29, 1.82) is 0 Å². The van der Waals surface area contributed by atoms with Gasteiger partial charge in [0.2, 0.25) is 0 Å². The van der Waals surface area contributed by atoms with E-state index in [1.54, 1.807) is 6.92 Å². The van der Waals surface area contributed by atoms with Crippen molar-refractivity contribution in [2.45, 2.75) is 19.5 Å². The molecule has 1 heterocycles. The van der Waals surface area contributed by atoms with E-state index in [1.165, 1.54) is 0 Å². The molecule has 2 unspecified atom stereocenters. The first-order valence-corrected chi connectivity index (χ1v) is 6.99. The number of amides is 1. The lowest BCUT2D eigenvalue weighted by Gasteiger charge is -2.34. The first-order valence-electron chi connectivity index (χ1n) is 6.99. The molecular formula is C15H15F4NO3. The number of rotatable bonds is 2. The van der Waals surface area contributed by atoms with E-state index < -0.39 is 40.9 Å². The van der Waals surface area contributed by atoms with Gasteiger partial charge in [0.25, 0.3) is 5.91 Å². The van der Waals surface area contributed by atoms with E-state index in [4.69, 9.17) is 5.11 Å². The number of aliphatic carboxylic acids is 1. The van der Waals surface area contributed by atoms with Crippen molar-refractivity contribution in [3.63, 3.8) is 0 Å². The third-order valence-electron chi connectivity index (χ3n) is 3.83. The first-order chi connectivity index (χ1) is 10.6. The maximum Gasteiger partial charge on any atom is 0.419 e. The van der Waals surface area contributed by atoms with Gasteiger partial charge in [-0.2, -0.15) is 13.2 Å². The zero-order valence-electron chi connectivity index (χ0n) is 12.2. The highest BCUT2D eigenvalue weighted by atomic mass is 19.4. The summed E-state index contributed by atoms with van der Waals surface area (Å²) >= 11 is 0. The fraction of sp³-hybridized carbons (Fsp3) is 0.467. The van der Waals surface area contributed by atoms with E-state index in [2.05, 4.69) is 0 Å². The molecule has 2 rings (SSSR count). The zero-order chi connectivity index (χ0) is 17.4. The number of carbonyl (C=O) groups excluding carboxylic acids is 1. The number of benzene rings is 1. The van der Waals surface area contributed by atoms with Gasteiger partial charge in [-0.05, 0) is 24.5 Å². The third kappa shape index (κ3) is 3.62. The summed E-state index contributed by atoms with van der Waals surface area (Å²) in [6, 6.07) is 2.49. The summed E-state index contributed by atoms with van der Waals surface area (Å²) in [4.78, 5) is 24.5. The fourth-order valence-corrected chi connectivity index (χ4v) is 2.78. The number of carboxylic acids is 1. The van der Waals surface area contributed by atoms with Crippen LogP contribution in [0.5, 0.6) is 0 Å². The van der Waals surface area contributed by atoms with Crippen molar-refractivity contribution >= 4 is 11.9 Å². The van der Waals surface area contributed by atoms with E-state index in [1.807, 2.05) is 0 Å². The Bertz CT molecular complexity index is 630. The average molecular weight is 333 g/mol. The van der Waals surface area contributed by atoms with E-state index in [0.717, 1.165) is 17.0 Å². The van der Waals surface area contributed by atoms with Crippen molar-refractivity contribution in [3.8, 4) is 0 Å². The lowest BCUT2D eigenvalue weighted by Crippen LogP contribution is -2.45. The SMILES string of the molecule is CC1CC(C(=O)O)CN(C(=O)c2cccc(C(F)(F)F)c2F)C1. The average Bonchev–Trinajstić information content (AvgIpc) is 2.44. The summed E-state index contributed by atoms with van der Waals surface area (Å²) in [6.07, 6.45) is -4.54. The van der Waals surface area contributed by atoms with Crippen LogP contribution in [0.3, 0.4) is 0 Å². The molecule has 1 aromatic rings. The zero-order valence-corrected chi connectivity index (χ0v) is 12.2. The highest BCUT2D eigenvalue weighted by Crippen LogP contribution is 2.33. The minimum atomic E-state index is -4.90. The molecule has 1 N–H and O–H groups in total. The summed E-state index contributed by atoms with van der Waals surface area (Å²) in [5.74, 6) is -4.58. The molecule has 1 amide bonds. The van der Waals surface area contributed by atoms with Gasteiger partial charge >= 0.3 is 12.1 Å². The lowest BCUT2D eigenvalue weighted by atomic mass is 9.90. The van der Waals surface area contributed by atoms with Crippen LogP contribution in [-0.4, -0.2) is 35.0 Å². The van der Waals surface area contributed by atoms with Crippen LogP contribution in [0.1, 0.15) is 29.3 Å². The molecule has 2 atom stereocenters. The van der Waals surface area contributed by atoms with Crippen LogP contribution in [-0.2, 0) is 11.0 Å². The molecule has 4 nitrogen and oxygen atoms in total. The van der Waals surface area contributed by atoms with Crippen LogP contribution in [0.25, 0.3) is 0 Å². The maximum atomic E-state index is 14.0. The van der Waals surface area contributed by atoms with Gasteiger partial charge in [0.15, 0.2) is 0 Å². The summed E-state index contributed by atoms with van der Waals surface area (Å²) < 4.78 is 52.2. The van der Waals surface area contributed by atoms with Crippen LogP contribution >= 0.6 is 0 Å². The van der Waals surface area contributed by atoms with Gasteiger partial charge < -0.3 is 10.0 Å². The van der Waals surface area contributed by atoms with Gasteiger partial charge in [-0.1, -0.05) is 13.0 Å². The molecule has 0 radical (unpaired) electrons. The summed E-state index contributed by atoms with van der Waals surface area (Å²) in [5.41, 5.74) is -2.21. The monoisotopic (exact) mass is 333 g/mol. The minimum absolute atomic E-state index is 0.136. The Morgan fingerprint density at radius 1 is 1.26 bits per heavy atom. The second-order valence-electron chi connectivity index (χ2n) is 5.75. The molecule has 0 saturated carbocycles. The number of carbonyl (C=O) groups is 2. The van der Waals surface area contributed by atoms with Gasteiger partial charge in [0.05, 0.1) is 17.0 Å². The normalized spacial score (nSPS) is 22.0. The Morgan fingerprint density at radius 3 is 2.48 bits per heavy atom. The van der Waals surface area contributed by atoms with Gasteiger partial charge in [0, 0.05) is 13.1 Å². The van der Waals surface area contributed by atoms with E-state index in [9.17, 15) is 27.2 Å². The van der Waals surface area contributed by atoms with Crippen molar-refractivity contribution < 1.29 is 32.3 Å². The highest BCUT2D eigenvalue weighted by Gasteiger charge is 2.38. The number of alkyl halides is 3. The Labute approximate surface area is 129 Å².